The summed E-state index contributed by atoms with van der Waals surface area (Å²) in [5, 5.41) is 9.11. The van der Waals surface area contributed by atoms with E-state index in [1.165, 1.54) is 4.90 Å². The average Bonchev–Trinajstić information content (AvgIpc) is 2.33. The van der Waals surface area contributed by atoms with Gasteiger partial charge < -0.3 is 10.0 Å². The summed E-state index contributed by atoms with van der Waals surface area (Å²) in [6.07, 6.45) is 1.67. The van der Waals surface area contributed by atoms with Gasteiger partial charge in [-0.15, -0.1) is 0 Å². The molecule has 1 saturated heterocycles. The first kappa shape index (κ1) is 11.6. The van der Waals surface area contributed by atoms with Crippen LogP contribution in [0.3, 0.4) is 0 Å². The predicted molar refractivity (Wildman–Crippen MR) is 62.3 cm³/mol. The van der Waals surface area contributed by atoms with Crippen molar-refractivity contribution < 1.29 is 14.7 Å². The van der Waals surface area contributed by atoms with E-state index in [1.54, 1.807) is 0 Å². The zero-order valence-electron chi connectivity index (χ0n) is 9.50. The van der Waals surface area contributed by atoms with Crippen molar-refractivity contribution >= 4 is 11.9 Å². The summed E-state index contributed by atoms with van der Waals surface area (Å²) in [6, 6.07) is 8.81. The average molecular weight is 233 g/mol. The normalized spacial score (nSPS) is 20.4. The highest BCUT2D eigenvalue weighted by Gasteiger charge is 2.32. The monoisotopic (exact) mass is 233 g/mol. The Morgan fingerprint density at radius 3 is 2.71 bits per heavy atom. The van der Waals surface area contributed by atoms with Crippen LogP contribution in [0.15, 0.2) is 30.3 Å². The molecule has 0 radical (unpaired) electrons. The highest BCUT2D eigenvalue weighted by molar-refractivity contribution is 5.84. The van der Waals surface area contributed by atoms with Crippen LogP contribution in [-0.4, -0.2) is 27.9 Å². The SMILES string of the molecule is O=C(O)[C@@H]1CCCC(=O)N1Cc1ccccc1. The van der Waals surface area contributed by atoms with Gasteiger partial charge >= 0.3 is 5.97 Å². The first-order chi connectivity index (χ1) is 8.18. The molecule has 0 aliphatic carbocycles. The molecule has 0 saturated carbocycles. The molecule has 2 rings (SSSR count). The molecule has 90 valence electrons. The molecule has 0 aromatic heterocycles. The molecule has 1 heterocycles. The second-order valence-electron chi connectivity index (χ2n) is 4.25. The molecule has 1 atom stereocenters. The fraction of sp³-hybridized carbons (Fsp3) is 0.385. The number of piperidine rings is 1. The molecule has 0 spiro atoms. The zero-order valence-corrected chi connectivity index (χ0v) is 9.50. The minimum absolute atomic E-state index is 0.0625. The molecule has 1 aliphatic rings. The topological polar surface area (TPSA) is 57.6 Å². The lowest BCUT2D eigenvalue weighted by Gasteiger charge is -2.32. The molecule has 1 aliphatic heterocycles. The molecule has 1 fully saturated rings. The molecule has 4 heteroatoms. The van der Waals surface area contributed by atoms with E-state index in [0.717, 1.165) is 5.56 Å². The van der Waals surface area contributed by atoms with E-state index in [0.29, 0.717) is 25.8 Å². The van der Waals surface area contributed by atoms with Gasteiger partial charge in [-0.25, -0.2) is 4.79 Å². The third kappa shape index (κ3) is 2.64. The number of nitrogens with zero attached hydrogens (tertiary/aromatic N) is 1. The number of carboxylic acids is 1. The third-order valence-electron chi connectivity index (χ3n) is 3.05. The summed E-state index contributed by atoms with van der Waals surface area (Å²) >= 11 is 0. The van der Waals surface area contributed by atoms with E-state index in [2.05, 4.69) is 0 Å². The smallest absolute Gasteiger partial charge is 0.326 e. The van der Waals surface area contributed by atoms with Crippen molar-refractivity contribution in [2.75, 3.05) is 0 Å². The van der Waals surface area contributed by atoms with Gasteiger partial charge in [0.15, 0.2) is 0 Å². The van der Waals surface area contributed by atoms with E-state index in [-0.39, 0.29) is 5.91 Å². The highest BCUT2D eigenvalue weighted by Crippen LogP contribution is 2.20. The van der Waals surface area contributed by atoms with Crippen LogP contribution >= 0.6 is 0 Å². The predicted octanol–water partition coefficient (Wildman–Crippen LogP) is 1.65. The maximum Gasteiger partial charge on any atom is 0.326 e. The van der Waals surface area contributed by atoms with Crippen molar-refractivity contribution in [1.82, 2.24) is 4.90 Å². The Labute approximate surface area is 99.9 Å². The van der Waals surface area contributed by atoms with Crippen LogP contribution in [-0.2, 0) is 16.1 Å². The molecule has 17 heavy (non-hydrogen) atoms. The van der Waals surface area contributed by atoms with Crippen LogP contribution in [0.25, 0.3) is 0 Å². The van der Waals surface area contributed by atoms with Gasteiger partial charge in [-0.2, -0.15) is 0 Å². The second-order valence-corrected chi connectivity index (χ2v) is 4.25. The number of amides is 1. The number of hydrogen-bond acceptors (Lipinski definition) is 2. The number of carboxylic acid groups (broad SMARTS) is 1. The van der Waals surface area contributed by atoms with Gasteiger partial charge in [0.2, 0.25) is 5.91 Å². The molecular formula is C13H15NO3. The Kier molecular flexibility index (Phi) is 3.42. The lowest BCUT2D eigenvalue weighted by Crippen LogP contribution is -2.47. The van der Waals surface area contributed by atoms with Crippen molar-refractivity contribution in [3.63, 3.8) is 0 Å². The van der Waals surface area contributed by atoms with Crippen LogP contribution in [0.4, 0.5) is 0 Å². The molecule has 0 bridgehead atoms. The van der Waals surface area contributed by atoms with Gasteiger partial charge in [-0.05, 0) is 18.4 Å². The summed E-state index contributed by atoms with van der Waals surface area (Å²) in [7, 11) is 0. The number of hydrogen-bond donors (Lipinski definition) is 1. The van der Waals surface area contributed by atoms with Crippen LogP contribution < -0.4 is 0 Å². The highest BCUT2D eigenvalue weighted by atomic mass is 16.4. The summed E-state index contributed by atoms with van der Waals surface area (Å²) in [4.78, 5) is 24.4. The molecule has 1 amide bonds. The second kappa shape index (κ2) is 4.99. The van der Waals surface area contributed by atoms with Crippen LogP contribution in [0.1, 0.15) is 24.8 Å². The Morgan fingerprint density at radius 1 is 1.35 bits per heavy atom. The minimum Gasteiger partial charge on any atom is -0.480 e. The molecule has 1 N–H and O–H groups in total. The van der Waals surface area contributed by atoms with E-state index in [1.807, 2.05) is 30.3 Å². The number of benzene rings is 1. The minimum atomic E-state index is -0.908. The molecule has 1 aromatic rings. The van der Waals surface area contributed by atoms with Gasteiger partial charge in [0.1, 0.15) is 6.04 Å². The summed E-state index contributed by atoms with van der Waals surface area (Å²) < 4.78 is 0. The van der Waals surface area contributed by atoms with E-state index < -0.39 is 12.0 Å². The third-order valence-corrected chi connectivity index (χ3v) is 3.05. The summed E-state index contributed by atoms with van der Waals surface area (Å²) in [5.41, 5.74) is 0.967. The number of aliphatic carboxylic acids is 1. The zero-order chi connectivity index (χ0) is 12.3. The Hall–Kier alpha value is -1.84. The molecule has 4 nitrogen and oxygen atoms in total. The molecule has 0 unspecified atom stereocenters. The first-order valence-electron chi connectivity index (χ1n) is 5.74. The Balaban J connectivity index is 2.15. The lowest BCUT2D eigenvalue weighted by atomic mass is 10.0. The van der Waals surface area contributed by atoms with Crippen molar-refractivity contribution in [3.8, 4) is 0 Å². The van der Waals surface area contributed by atoms with Crippen molar-refractivity contribution in [2.45, 2.75) is 31.8 Å². The number of carbonyl (C=O) groups is 2. The maximum absolute atomic E-state index is 11.8. The quantitative estimate of drug-likeness (QED) is 0.863. The van der Waals surface area contributed by atoms with Crippen molar-refractivity contribution in [3.05, 3.63) is 35.9 Å². The fourth-order valence-electron chi connectivity index (χ4n) is 2.16. The van der Waals surface area contributed by atoms with Gasteiger partial charge in [-0.3, -0.25) is 4.79 Å². The van der Waals surface area contributed by atoms with Gasteiger partial charge in [0.05, 0.1) is 0 Å². The lowest BCUT2D eigenvalue weighted by molar-refractivity contribution is -0.153. The molecular weight excluding hydrogens is 218 g/mol. The van der Waals surface area contributed by atoms with Crippen LogP contribution in [0.2, 0.25) is 0 Å². The van der Waals surface area contributed by atoms with E-state index in [4.69, 9.17) is 5.11 Å². The maximum atomic E-state index is 11.8. The standard InChI is InChI=1S/C13H15NO3/c15-12-8-4-7-11(13(16)17)14(12)9-10-5-2-1-3-6-10/h1-3,5-6,11H,4,7-9H2,(H,16,17)/t11-/m0/s1. The van der Waals surface area contributed by atoms with Crippen molar-refractivity contribution in [1.29, 1.82) is 0 Å². The molecule has 1 aromatic carbocycles. The fourth-order valence-corrected chi connectivity index (χ4v) is 2.16. The summed E-state index contributed by atoms with van der Waals surface area (Å²) in [5.74, 6) is -0.971. The van der Waals surface area contributed by atoms with Crippen LogP contribution in [0, 0.1) is 0 Å². The Bertz CT molecular complexity index is 416. The summed E-state index contributed by atoms with van der Waals surface area (Å²) in [6.45, 7) is 0.386. The Morgan fingerprint density at radius 2 is 2.06 bits per heavy atom. The van der Waals surface area contributed by atoms with Gasteiger partial charge in [-0.1, -0.05) is 30.3 Å². The van der Waals surface area contributed by atoms with E-state index in [9.17, 15) is 9.59 Å². The number of rotatable bonds is 3. The largest absolute Gasteiger partial charge is 0.480 e. The van der Waals surface area contributed by atoms with E-state index >= 15 is 0 Å². The van der Waals surface area contributed by atoms with Gasteiger partial charge in [0.25, 0.3) is 0 Å². The van der Waals surface area contributed by atoms with Gasteiger partial charge in [0, 0.05) is 13.0 Å². The van der Waals surface area contributed by atoms with Crippen LogP contribution in [0.5, 0.6) is 0 Å². The first-order valence-corrected chi connectivity index (χ1v) is 5.74. The number of carbonyl (C=O) groups excluding carboxylic acids is 1. The van der Waals surface area contributed by atoms with Crippen molar-refractivity contribution in [2.24, 2.45) is 0 Å². The number of likely N-dealkylation sites (tertiary alicyclic amines) is 1.